The van der Waals surface area contributed by atoms with Gasteiger partial charge in [0.15, 0.2) is 5.82 Å². The SMILES string of the molecule is O=C(c1cnn(-c2ccncc2)c1C(F)F)N1CCOCC1c1ncon1. The van der Waals surface area contributed by atoms with E-state index in [1.54, 1.807) is 0 Å². The van der Waals surface area contributed by atoms with Crippen LogP contribution in [-0.4, -0.2) is 55.5 Å². The van der Waals surface area contributed by atoms with Gasteiger partial charge in [-0.2, -0.15) is 10.1 Å². The highest BCUT2D eigenvalue weighted by molar-refractivity contribution is 5.95. The van der Waals surface area contributed by atoms with Crippen molar-refractivity contribution in [3.8, 4) is 5.69 Å². The molecule has 1 fully saturated rings. The summed E-state index contributed by atoms with van der Waals surface area (Å²) in [7, 11) is 0. The third-order valence-corrected chi connectivity index (χ3v) is 4.22. The molecule has 3 aromatic heterocycles. The van der Waals surface area contributed by atoms with Gasteiger partial charge in [-0.15, -0.1) is 0 Å². The summed E-state index contributed by atoms with van der Waals surface area (Å²) in [4.78, 5) is 22.3. The van der Waals surface area contributed by atoms with E-state index in [0.717, 1.165) is 17.3 Å². The van der Waals surface area contributed by atoms with E-state index < -0.39 is 24.1 Å². The quantitative estimate of drug-likeness (QED) is 0.685. The summed E-state index contributed by atoms with van der Waals surface area (Å²) in [6, 6.07) is 2.44. The molecule has 11 heteroatoms. The number of ether oxygens (including phenoxy) is 1. The van der Waals surface area contributed by atoms with E-state index >= 15 is 0 Å². The highest BCUT2D eigenvalue weighted by atomic mass is 19.3. The van der Waals surface area contributed by atoms with Crippen LogP contribution in [0.5, 0.6) is 0 Å². The molecule has 3 aromatic rings. The van der Waals surface area contributed by atoms with Gasteiger partial charge in [-0.05, 0) is 12.1 Å². The van der Waals surface area contributed by atoms with Crippen LogP contribution in [0.1, 0.15) is 34.3 Å². The van der Waals surface area contributed by atoms with E-state index in [9.17, 15) is 13.6 Å². The van der Waals surface area contributed by atoms with Crippen LogP contribution in [0.15, 0.2) is 41.6 Å². The molecule has 27 heavy (non-hydrogen) atoms. The second-order valence-electron chi connectivity index (χ2n) is 5.74. The Hall–Kier alpha value is -3.21. The average Bonchev–Trinajstić information content (AvgIpc) is 3.38. The van der Waals surface area contributed by atoms with E-state index in [0.29, 0.717) is 5.69 Å². The Bertz CT molecular complexity index is 916. The first kappa shape index (κ1) is 17.2. The zero-order valence-electron chi connectivity index (χ0n) is 13.9. The molecule has 4 rings (SSSR count). The van der Waals surface area contributed by atoms with Crippen molar-refractivity contribution in [3.05, 3.63) is 54.2 Å². The number of alkyl halides is 2. The first-order valence-corrected chi connectivity index (χ1v) is 8.08. The van der Waals surface area contributed by atoms with E-state index in [1.807, 2.05) is 0 Å². The van der Waals surface area contributed by atoms with E-state index in [2.05, 4.69) is 20.2 Å². The fraction of sp³-hybridized carbons (Fsp3) is 0.312. The van der Waals surface area contributed by atoms with Crippen LogP contribution >= 0.6 is 0 Å². The van der Waals surface area contributed by atoms with Gasteiger partial charge >= 0.3 is 0 Å². The maximum atomic E-state index is 13.8. The van der Waals surface area contributed by atoms with Gasteiger partial charge in [-0.25, -0.2) is 13.5 Å². The normalized spacial score (nSPS) is 17.4. The topological polar surface area (TPSA) is 99.2 Å². The molecule has 1 atom stereocenters. The van der Waals surface area contributed by atoms with Gasteiger partial charge < -0.3 is 14.2 Å². The molecule has 1 unspecified atom stereocenters. The summed E-state index contributed by atoms with van der Waals surface area (Å²) in [5, 5.41) is 7.73. The van der Waals surface area contributed by atoms with Crippen LogP contribution in [0.25, 0.3) is 5.69 Å². The van der Waals surface area contributed by atoms with Gasteiger partial charge in [-0.1, -0.05) is 5.16 Å². The summed E-state index contributed by atoms with van der Waals surface area (Å²) < 4.78 is 38.7. The summed E-state index contributed by atoms with van der Waals surface area (Å²) >= 11 is 0. The van der Waals surface area contributed by atoms with E-state index in [4.69, 9.17) is 9.26 Å². The van der Waals surface area contributed by atoms with Crippen LogP contribution in [0.2, 0.25) is 0 Å². The molecular weight excluding hydrogens is 362 g/mol. The number of aromatic nitrogens is 5. The fourth-order valence-electron chi connectivity index (χ4n) is 2.96. The van der Waals surface area contributed by atoms with Crippen molar-refractivity contribution < 1.29 is 22.8 Å². The largest absolute Gasteiger partial charge is 0.377 e. The molecular formula is C16H14F2N6O3. The number of hydrogen-bond donors (Lipinski definition) is 0. The number of carbonyl (C=O) groups excluding carboxylic acids is 1. The second-order valence-corrected chi connectivity index (χ2v) is 5.74. The molecule has 0 saturated carbocycles. The van der Waals surface area contributed by atoms with Crippen molar-refractivity contribution in [3.63, 3.8) is 0 Å². The summed E-state index contributed by atoms with van der Waals surface area (Å²) in [6.45, 7) is 0.636. The van der Waals surface area contributed by atoms with Gasteiger partial charge in [-0.3, -0.25) is 9.78 Å². The maximum absolute atomic E-state index is 13.8. The number of morpholine rings is 1. The zero-order valence-corrected chi connectivity index (χ0v) is 13.9. The minimum atomic E-state index is -2.90. The van der Waals surface area contributed by atoms with Crippen molar-refractivity contribution >= 4 is 5.91 Å². The van der Waals surface area contributed by atoms with Crippen molar-refractivity contribution in [2.45, 2.75) is 12.5 Å². The van der Waals surface area contributed by atoms with Crippen molar-refractivity contribution in [2.75, 3.05) is 19.8 Å². The second kappa shape index (κ2) is 7.19. The number of carbonyl (C=O) groups is 1. The van der Waals surface area contributed by atoms with Crippen LogP contribution in [0, 0.1) is 0 Å². The molecule has 9 nitrogen and oxygen atoms in total. The lowest BCUT2D eigenvalue weighted by atomic mass is 10.1. The molecule has 1 aliphatic rings. The number of amides is 1. The molecule has 4 heterocycles. The molecule has 1 aliphatic heterocycles. The first-order chi connectivity index (χ1) is 13.2. The van der Waals surface area contributed by atoms with Crippen LogP contribution in [0.3, 0.4) is 0 Å². The Morgan fingerprint density at radius 1 is 1.30 bits per heavy atom. The lowest BCUT2D eigenvalue weighted by Gasteiger charge is -2.33. The lowest BCUT2D eigenvalue weighted by molar-refractivity contribution is -0.00608. The molecule has 0 N–H and O–H groups in total. The Labute approximate surface area is 151 Å². The molecule has 0 aromatic carbocycles. The monoisotopic (exact) mass is 376 g/mol. The predicted octanol–water partition coefficient (Wildman–Crippen LogP) is 1.80. The highest BCUT2D eigenvalue weighted by Crippen LogP contribution is 2.29. The van der Waals surface area contributed by atoms with Crippen LogP contribution < -0.4 is 0 Å². The van der Waals surface area contributed by atoms with E-state index in [-0.39, 0.29) is 31.1 Å². The van der Waals surface area contributed by atoms with Gasteiger partial charge in [0.25, 0.3) is 12.3 Å². The Kier molecular flexibility index (Phi) is 4.59. The standard InChI is InChI=1S/C16H14F2N6O3/c17-14(18)13-11(7-21-24(13)10-1-3-19-4-2-10)16(25)23-5-6-26-8-12(23)15-20-9-27-22-15/h1-4,7,9,12,14H,5-6,8H2. The lowest BCUT2D eigenvalue weighted by Crippen LogP contribution is -2.44. The smallest absolute Gasteiger partial charge is 0.281 e. The average molecular weight is 376 g/mol. The van der Waals surface area contributed by atoms with Gasteiger partial charge in [0.2, 0.25) is 6.39 Å². The molecule has 1 amide bonds. The highest BCUT2D eigenvalue weighted by Gasteiger charge is 2.35. The van der Waals surface area contributed by atoms with Crippen LogP contribution in [-0.2, 0) is 4.74 Å². The number of halogens is 2. The van der Waals surface area contributed by atoms with E-state index in [1.165, 1.54) is 29.4 Å². The van der Waals surface area contributed by atoms with Gasteiger partial charge in [0, 0.05) is 18.9 Å². The number of nitrogens with zero attached hydrogens (tertiary/aromatic N) is 6. The van der Waals surface area contributed by atoms with Crippen molar-refractivity contribution in [1.29, 1.82) is 0 Å². The third-order valence-electron chi connectivity index (χ3n) is 4.22. The molecule has 0 aliphatic carbocycles. The van der Waals surface area contributed by atoms with Crippen molar-refractivity contribution in [1.82, 2.24) is 29.8 Å². The Morgan fingerprint density at radius 2 is 2.11 bits per heavy atom. The summed E-state index contributed by atoms with van der Waals surface area (Å²) in [5.41, 5.74) is -0.280. The number of hydrogen-bond acceptors (Lipinski definition) is 7. The number of rotatable bonds is 4. The van der Waals surface area contributed by atoms with Gasteiger partial charge in [0.05, 0.1) is 30.7 Å². The Balaban J connectivity index is 1.72. The predicted molar refractivity (Wildman–Crippen MR) is 85.2 cm³/mol. The molecule has 0 spiro atoms. The van der Waals surface area contributed by atoms with Gasteiger partial charge in [0.1, 0.15) is 11.7 Å². The Morgan fingerprint density at radius 3 is 2.81 bits per heavy atom. The fourth-order valence-corrected chi connectivity index (χ4v) is 2.96. The minimum Gasteiger partial charge on any atom is -0.377 e. The zero-order chi connectivity index (χ0) is 18.8. The first-order valence-electron chi connectivity index (χ1n) is 8.08. The van der Waals surface area contributed by atoms with Crippen LogP contribution in [0.4, 0.5) is 8.78 Å². The molecule has 0 bridgehead atoms. The summed E-state index contributed by atoms with van der Waals surface area (Å²) in [5.74, 6) is -0.341. The maximum Gasteiger partial charge on any atom is 0.281 e. The minimum absolute atomic E-state index is 0.147. The van der Waals surface area contributed by atoms with Crippen molar-refractivity contribution in [2.24, 2.45) is 0 Å². The third kappa shape index (κ3) is 3.16. The summed E-state index contributed by atoms with van der Waals surface area (Å²) in [6.07, 6.45) is 2.31. The molecule has 140 valence electrons. The molecule has 0 radical (unpaired) electrons. The number of pyridine rings is 1. The molecule has 1 saturated heterocycles.